The van der Waals surface area contributed by atoms with Gasteiger partial charge in [0.15, 0.2) is 0 Å². The predicted molar refractivity (Wildman–Crippen MR) is 114 cm³/mol. The fourth-order valence-electron chi connectivity index (χ4n) is 2.82. The third-order valence-electron chi connectivity index (χ3n) is 4.39. The molecular formula is C21H16ClF3N2O4S. The van der Waals surface area contributed by atoms with Gasteiger partial charge in [-0.25, -0.2) is 0 Å². The average Bonchev–Trinajstić information content (AvgIpc) is 3.05. The molecule has 0 spiro atoms. The smallest absolute Gasteiger partial charge is 0.417 e. The number of anilines is 1. The van der Waals surface area contributed by atoms with Crippen molar-refractivity contribution in [2.75, 3.05) is 5.32 Å². The van der Waals surface area contributed by atoms with Gasteiger partial charge < -0.3 is 10.1 Å². The molecule has 0 saturated heterocycles. The van der Waals surface area contributed by atoms with Crippen molar-refractivity contribution in [3.63, 3.8) is 0 Å². The van der Waals surface area contributed by atoms with Crippen LogP contribution in [-0.4, -0.2) is 16.4 Å². The van der Waals surface area contributed by atoms with Gasteiger partial charge in [-0.2, -0.15) is 13.2 Å². The van der Waals surface area contributed by atoms with Crippen molar-refractivity contribution in [2.45, 2.75) is 25.7 Å². The number of nitrogens with one attached hydrogen (secondary N) is 1. The fourth-order valence-corrected chi connectivity index (χ4v) is 3.78. The number of hydrogen-bond acceptors (Lipinski definition) is 5. The van der Waals surface area contributed by atoms with Gasteiger partial charge in [0.05, 0.1) is 10.6 Å². The highest BCUT2D eigenvalue weighted by Crippen LogP contribution is 2.36. The third kappa shape index (κ3) is 5.57. The molecule has 32 heavy (non-hydrogen) atoms. The molecule has 0 aliphatic rings. The van der Waals surface area contributed by atoms with E-state index < -0.39 is 41.3 Å². The minimum absolute atomic E-state index is 0.173. The molecule has 1 aromatic heterocycles. The van der Waals surface area contributed by atoms with Gasteiger partial charge in [0.1, 0.15) is 6.54 Å². The van der Waals surface area contributed by atoms with E-state index >= 15 is 0 Å². The number of alkyl halides is 3. The quantitative estimate of drug-likeness (QED) is 0.509. The number of aryl methyl sites for hydroxylation is 1. The van der Waals surface area contributed by atoms with Gasteiger partial charge in [-0.1, -0.05) is 53.3 Å². The van der Waals surface area contributed by atoms with E-state index in [-0.39, 0.29) is 10.6 Å². The van der Waals surface area contributed by atoms with E-state index in [0.29, 0.717) is 17.3 Å². The maximum absolute atomic E-state index is 13.1. The zero-order chi connectivity index (χ0) is 23.5. The Kier molecular flexibility index (Phi) is 7.05. The lowest BCUT2D eigenvalue weighted by atomic mass is 10.1. The molecule has 3 rings (SSSR count). The molecule has 1 atom stereocenters. The Morgan fingerprint density at radius 3 is 2.47 bits per heavy atom. The molecule has 1 unspecified atom stereocenters. The molecular weight excluding hydrogens is 469 g/mol. The molecule has 0 radical (unpaired) electrons. The van der Waals surface area contributed by atoms with E-state index in [1.54, 1.807) is 30.5 Å². The summed E-state index contributed by atoms with van der Waals surface area (Å²) in [6.07, 6.45) is -6.17. The second-order valence-corrected chi connectivity index (χ2v) is 7.92. The topological polar surface area (TPSA) is 77.4 Å². The summed E-state index contributed by atoms with van der Waals surface area (Å²) in [5.41, 5.74) is -0.428. The summed E-state index contributed by atoms with van der Waals surface area (Å²) >= 11 is 6.53. The Hall–Kier alpha value is -3.11. The number of benzene rings is 2. The van der Waals surface area contributed by atoms with E-state index in [9.17, 15) is 27.6 Å². The first kappa shape index (κ1) is 23.6. The van der Waals surface area contributed by atoms with E-state index in [2.05, 4.69) is 5.32 Å². The van der Waals surface area contributed by atoms with E-state index in [0.717, 1.165) is 17.4 Å². The number of carbonyl (C=O) groups is 2. The van der Waals surface area contributed by atoms with Crippen LogP contribution in [0.15, 0.2) is 58.7 Å². The number of halogens is 4. The number of carbonyl (C=O) groups excluding carboxylic acids is 2. The predicted octanol–water partition coefficient (Wildman–Crippen LogP) is 4.81. The van der Waals surface area contributed by atoms with Gasteiger partial charge in [-0.15, -0.1) is 0 Å². The van der Waals surface area contributed by atoms with Crippen LogP contribution in [-0.2, 0) is 27.0 Å². The van der Waals surface area contributed by atoms with E-state index in [1.165, 1.54) is 22.8 Å². The van der Waals surface area contributed by atoms with Crippen LogP contribution in [0.2, 0.25) is 5.02 Å². The van der Waals surface area contributed by atoms with Crippen molar-refractivity contribution in [1.29, 1.82) is 0 Å². The maximum atomic E-state index is 13.1. The summed E-state index contributed by atoms with van der Waals surface area (Å²) in [4.78, 5) is 36.8. The Morgan fingerprint density at radius 1 is 1.19 bits per heavy atom. The first-order valence-electron chi connectivity index (χ1n) is 9.13. The molecule has 168 valence electrons. The largest absolute Gasteiger partial charge is 0.446 e. The van der Waals surface area contributed by atoms with Crippen LogP contribution in [0.4, 0.5) is 18.9 Å². The molecule has 0 aliphatic heterocycles. The second-order valence-electron chi connectivity index (χ2n) is 6.69. The molecule has 3 aromatic rings. The molecule has 1 N–H and O–H groups in total. The first-order chi connectivity index (χ1) is 15.1. The molecule has 1 heterocycles. The Balaban J connectivity index is 1.84. The first-order valence-corrected chi connectivity index (χ1v) is 10.4. The maximum Gasteiger partial charge on any atom is 0.417 e. The minimum Gasteiger partial charge on any atom is -0.446 e. The van der Waals surface area contributed by atoms with Crippen molar-refractivity contribution in [1.82, 2.24) is 4.57 Å². The lowest BCUT2D eigenvalue weighted by Crippen LogP contribution is -2.29. The Labute approximate surface area is 189 Å². The number of thiazole rings is 1. The van der Waals surface area contributed by atoms with Crippen LogP contribution in [0.5, 0.6) is 0 Å². The number of amides is 1. The molecule has 0 saturated carbocycles. The zero-order valence-electron chi connectivity index (χ0n) is 16.5. The van der Waals surface area contributed by atoms with Crippen LogP contribution in [0.25, 0.3) is 0 Å². The van der Waals surface area contributed by atoms with Gasteiger partial charge >= 0.3 is 17.0 Å². The number of hydrogen-bond donors (Lipinski definition) is 1. The minimum atomic E-state index is -4.71. The third-order valence-corrected chi connectivity index (χ3v) is 5.60. The highest BCUT2D eigenvalue weighted by atomic mass is 35.5. The summed E-state index contributed by atoms with van der Waals surface area (Å²) in [6.45, 7) is 1.23. The monoisotopic (exact) mass is 484 g/mol. The summed E-state index contributed by atoms with van der Waals surface area (Å²) in [5, 5.41) is 3.39. The lowest BCUT2D eigenvalue weighted by molar-refractivity contribution is -0.155. The molecule has 6 nitrogen and oxygen atoms in total. The molecule has 0 aliphatic carbocycles. The molecule has 11 heteroatoms. The molecule has 1 amide bonds. The van der Waals surface area contributed by atoms with Gasteiger partial charge in [-0.3, -0.25) is 19.0 Å². The van der Waals surface area contributed by atoms with Crippen LogP contribution in [0.3, 0.4) is 0 Å². The molecule has 0 bridgehead atoms. The van der Waals surface area contributed by atoms with Gasteiger partial charge in [0, 0.05) is 22.3 Å². The summed E-state index contributed by atoms with van der Waals surface area (Å²) < 4.78 is 45.9. The fraction of sp³-hybridized carbons (Fsp3) is 0.190. The number of esters is 1. The van der Waals surface area contributed by atoms with Crippen molar-refractivity contribution < 1.29 is 27.5 Å². The van der Waals surface area contributed by atoms with Crippen molar-refractivity contribution in [3.8, 4) is 0 Å². The van der Waals surface area contributed by atoms with Crippen molar-refractivity contribution in [3.05, 3.63) is 85.4 Å². The standard InChI is InChI=1S/C21H16ClF3N2O4S/c1-12-11-32-20(30)27(12)10-17(28)31-18(13-5-3-2-4-6-13)19(29)26-14-7-8-16(22)15(9-14)21(23,24)25/h2-9,11,18H,10H2,1H3,(H,26,29). The SMILES string of the molecule is Cc1csc(=O)n1CC(=O)OC(C(=O)Nc1ccc(Cl)c(C(F)(F)F)c1)c1ccccc1. The zero-order valence-corrected chi connectivity index (χ0v) is 18.1. The van der Waals surface area contributed by atoms with E-state index in [4.69, 9.17) is 16.3 Å². The van der Waals surface area contributed by atoms with Gasteiger partial charge in [0.2, 0.25) is 6.10 Å². The summed E-state index contributed by atoms with van der Waals surface area (Å²) in [6, 6.07) is 10.9. The van der Waals surface area contributed by atoms with Crippen LogP contribution in [0.1, 0.15) is 22.9 Å². The highest BCUT2D eigenvalue weighted by molar-refractivity contribution is 7.07. The van der Waals surface area contributed by atoms with Crippen LogP contribution >= 0.6 is 22.9 Å². The van der Waals surface area contributed by atoms with Gasteiger partial charge in [0.25, 0.3) is 5.91 Å². The van der Waals surface area contributed by atoms with Crippen molar-refractivity contribution >= 4 is 40.5 Å². The second kappa shape index (κ2) is 9.58. The van der Waals surface area contributed by atoms with Gasteiger partial charge in [-0.05, 0) is 25.1 Å². The molecule has 2 aromatic carbocycles. The summed E-state index contributed by atoms with van der Waals surface area (Å²) in [5.74, 6) is -1.72. The summed E-state index contributed by atoms with van der Waals surface area (Å²) in [7, 11) is 0. The van der Waals surface area contributed by atoms with E-state index in [1.807, 2.05) is 0 Å². The Bertz CT molecular complexity index is 1190. The number of ether oxygens (including phenoxy) is 1. The number of aromatic nitrogens is 1. The van der Waals surface area contributed by atoms with Crippen molar-refractivity contribution in [2.24, 2.45) is 0 Å². The normalized spacial score (nSPS) is 12.3. The molecule has 0 fully saturated rings. The number of nitrogens with zero attached hydrogens (tertiary/aromatic N) is 1. The van der Waals surface area contributed by atoms with Crippen LogP contribution in [0, 0.1) is 6.92 Å². The van der Waals surface area contributed by atoms with Crippen LogP contribution < -0.4 is 10.2 Å². The average molecular weight is 485 g/mol. The highest BCUT2D eigenvalue weighted by Gasteiger charge is 2.34. The lowest BCUT2D eigenvalue weighted by Gasteiger charge is -2.19. The number of rotatable bonds is 6. The Morgan fingerprint density at radius 2 is 1.88 bits per heavy atom.